The Bertz CT molecular complexity index is 701. The molecule has 136 valence electrons. The second-order valence-corrected chi connectivity index (χ2v) is 7.03. The molecule has 0 aliphatic carbocycles. The molecule has 0 saturated heterocycles. The van der Waals surface area contributed by atoms with Crippen LogP contribution in [0.15, 0.2) is 30.3 Å². The number of hydrogen-bond acceptors (Lipinski definition) is 3. The molecule has 1 aromatic carbocycles. The fourth-order valence-corrected chi connectivity index (χ4v) is 2.81. The van der Waals surface area contributed by atoms with Gasteiger partial charge in [0.15, 0.2) is 0 Å². The first-order valence-electron chi connectivity index (χ1n) is 8.92. The van der Waals surface area contributed by atoms with E-state index in [2.05, 4.69) is 60.4 Å². The minimum Gasteiger partial charge on any atom is -0.349 e. The van der Waals surface area contributed by atoms with E-state index >= 15 is 0 Å². The summed E-state index contributed by atoms with van der Waals surface area (Å²) in [5.41, 5.74) is 4.02. The van der Waals surface area contributed by atoms with Crippen molar-refractivity contribution in [2.75, 3.05) is 20.6 Å². The Morgan fingerprint density at radius 2 is 1.88 bits per heavy atom. The molecule has 25 heavy (non-hydrogen) atoms. The molecule has 0 aliphatic heterocycles. The smallest absolute Gasteiger partial charge is 0.269 e. The molecule has 0 radical (unpaired) electrons. The van der Waals surface area contributed by atoms with Crippen LogP contribution in [0.4, 0.5) is 0 Å². The molecule has 5 heteroatoms. The van der Waals surface area contributed by atoms with Gasteiger partial charge in [-0.25, -0.2) is 0 Å². The quantitative estimate of drug-likeness (QED) is 0.839. The van der Waals surface area contributed by atoms with Crippen LogP contribution in [0.3, 0.4) is 0 Å². The van der Waals surface area contributed by atoms with E-state index in [4.69, 9.17) is 0 Å². The van der Waals surface area contributed by atoms with Gasteiger partial charge in [0.05, 0.1) is 11.7 Å². The van der Waals surface area contributed by atoms with Gasteiger partial charge in [0, 0.05) is 13.1 Å². The van der Waals surface area contributed by atoms with Crippen LogP contribution in [0.5, 0.6) is 0 Å². The summed E-state index contributed by atoms with van der Waals surface area (Å²) in [6.07, 6.45) is 0. The minimum atomic E-state index is -0.0692. The Morgan fingerprint density at radius 3 is 2.40 bits per heavy atom. The van der Waals surface area contributed by atoms with Crippen LogP contribution in [0.2, 0.25) is 0 Å². The Labute approximate surface area is 151 Å². The fourth-order valence-electron chi connectivity index (χ4n) is 2.81. The van der Waals surface area contributed by atoms with E-state index in [1.54, 1.807) is 4.68 Å². The Morgan fingerprint density at radius 1 is 1.24 bits per heavy atom. The molecule has 1 N–H and O–H groups in total. The van der Waals surface area contributed by atoms with Crippen LogP contribution in [0.1, 0.15) is 60.0 Å². The number of carbonyl (C=O) groups is 1. The average Bonchev–Trinajstić information content (AvgIpc) is 3.01. The number of benzene rings is 1. The SMILES string of the molecule is CCn1nc(C(C)C)cc1C(=O)NCC(c1ccc(C)cc1)N(C)C. The van der Waals surface area contributed by atoms with E-state index in [1.807, 2.05) is 27.1 Å². The number of aryl methyl sites for hydroxylation is 2. The summed E-state index contributed by atoms with van der Waals surface area (Å²) in [5, 5.41) is 7.60. The summed E-state index contributed by atoms with van der Waals surface area (Å²) in [6.45, 7) is 9.50. The number of hydrogen-bond donors (Lipinski definition) is 1. The van der Waals surface area contributed by atoms with Gasteiger partial charge in [-0.05, 0) is 45.5 Å². The zero-order valence-electron chi connectivity index (χ0n) is 16.2. The van der Waals surface area contributed by atoms with Crippen molar-refractivity contribution in [1.29, 1.82) is 0 Å². The predicted molar refractivity (Wildman–Crippen MR) is 102 cm³/mol. The number of nitrogens with one attached hydrogen (secondary N) is 1. The molecule has 0 fully saturated rings. The first kappa shape index (κ1) is 19.2. The van der Waals surface area contributed by atoms with Crippen molar-refractivity contribution in [3.63, 3.8) is 0 Å². The Hall–Kier alpha value is -2.14. The van der Waals surface area contributed by atoms with Crippen molar-refractivity contribution >= 4 is 5.91 Å². The molecule has 2 aromatic rings. The highest BCUT2D eigenvalue weighted by molar-refractivity contribution is 5.92. The van der Waals surface area contributed by atoms with Gasteiger partial charge in [-0.15, -0.1) is 0 Å². The van der Waals surface area contributed by atoms with E-state index in [0.29, 0.717) is 24.7 Å². The molecule has 0 bridgehead atoms. The van der Waals surface area contributed by atoms with Gasteiger partial charge in [-0.2, -0.15) is 5.10 Å². The molecular formula is C20H30N4O. The highest BCUT2D eigenvalue weighted by Gasteiger charge is 2.19. The topological polar surface area (TPSA) is 50.2 Å². The molecule has 0 aliphatic rings. The Kier molecular flexibility index (Phi) is 6.37. The summed E-state index contributed by atoms with van der Waals surface area (Å²) >= 11 is 0. The van der Waals surface area contributed by atoms with Gasteiger partial charge in [-0.1, -0.05) is 43.7 Å². The van der Waals surface area contributed by atoms with Crippen molar-refractivity contribution in [1.82, 2.24) is 20.0 Å². The van der Waals surface area contributed by atoms with E-state index in [-0.39, 0.29) is 11.9 Å². The molecule has 1 heterocycles. The molecule has 0 saturated carbocycles. The third kappa shape index (κ3) is 4.69. The lowest BCUT2D eigenvalue weighted by atomic mass is 10.0. The zero-order valence-corrected chi connectivity index (χ0v) is 16.2. The highest BCUT2D eigenvalue weighted by atomic mass is 16.2. The summed E-state index contributed by atoms with van der Waals surface area (Å²) in [5.74, 6) is 0.238. The van der Waals surface area contributed by atoms with Crippen LogP contribution in [-0.2, 0) is 6.54 Å². The second kappa shape index (κ2) is 8.30. The lowest BCUT2D eigenvalue weighted by Crippen LogP contribution is -2.35. The zero-order chi connectivity index (χ0) is 18.6. The number of aromatic nitrogens is 2. The van der Waals surface area contributed by atoms with Gasteiger partial charge in [0.1, 0.15) is 5.69 Å². The van der Waals surface area contributed by atoms with Crippen LogP contribution >= 0.6 is 0 Å². The largest absolute Gasteiger partial charge is 0.349 e. The van der Waals surface area contributed by atoms with Crippen molar-refractivity contribution < 1.29 is 4.79 Å². The number of nitrogens with zero attached hydrogens (tertiary/aromatic N) is 3. The van der Waals surface area contributed by atoms with E-state index in [0.717, 1.165) is 5.69 Å². The summed E-state index contributed by atoms with van der Waals surface area (Å²) in [7, 11) is 4.06. The second-order valence-electron chi connectivity index (χ2n) is 7.03. The minimum absolute atomic E-state index is 0.0692. The van der Waals surface area contributed by atoms with Gasteiger partial charge < -0.3 is 10.2 Å². The van der Waals surface area contributed by atoms with Crippen molar-refractivity contribution in [3.8, 4) is 0 Å². The lowest BCUT2D eigenvalue weighted by molar-refractivity contribution is 0.0931. The molecular weight excluding hydrogens is 312 g/mol. The van der Waals surface area contributed by atoms with Crippen molar-refractivity contribution in [2.45, 2.75) is 46.2 Å². The molecule has 2 rings (SSSR count). The third-order valence-electron chi connectivity index (χ3n) is 4.46. The van der Waals surface area contributed by atoms with Gasteiger partial charge >= 0.3 is 0 Å². The maximum absolute atomic E-state index is 12.7. The molecule has 1 atom stereocenters. The fraction of sp³-hybridized carbons (Fsp3) is 0.500. The maximum atomic E-state index is 12.7. The number of carbonyl (C=O) groups excluding carboxylic acids is 1. The van der Waals surface area contributed by atoms with Crippen LogP contribution in [0.25, 0.3) is 0 Å². The maximum Gasteiger partial charge on any atom is 0.269 e. The van der Waals surface area contributed by atoms with Crippen LogP contribution < -0.4 is 5.32 Å². The summed E-state index contributed by atoms with van der Waals surface area (Å²) in [6, 6.07) is 10.5. The lowest BCUT2D eigenvalue weighted by Gasteiger charge is -2.25. The van der Waals surface area contributed by atoms with E-state index < -0.39 is 0 Å². The van der Waals surface area contributed by atoms with Gasteiger partial charge in [0.25, 0.3) is 5.91 Å². The first-order valence-corrected chi connectivity index (χ1v) is 8.92. The molecule has 5 nitrogen and oxygen atoms in total. The monoisotopic (exact) mass is 342 g/mol. The molecule has 1 unspecified atom stereocenters. The standard InChI is InChI=1S/C20H30N4O/c1-7-24-18(12-17(22-24)14(2)3)20(25)21-13-19(23(5)6)16-10-8-15(4)9-11-16/h8-12,14,19H,7,13H2,1-6H3,(H,21,25). The van der Waals surface area contributed by atoms with Crippen molar-refractivity contribution in [3.05, 3.63) is 52.8 Å². The predicted octanol–water partition coefficient (Wildman–Crippen LogP) is 3.37. The van der Waals surface area contributed by atoms with Crippen LogP contribution in [0, 0.1) is 6.92 Å². The Balaban J connectivity index is 2.12. The number of likely N-dealkylation sites (N-methyl/N-ethyl adjacent to an activating group) is 1. The molecule has 1 aromatic heterocycles. The molecule has 1 amide bonds. The van der Waals surface area contributed by atoms with Crippen LogP contribution in [-0.4, -0.2) is 41.2 Å². The first-order chi connectivity index (χ1) is 11.8. The van der Waals surface area contributed by atoms with Crippen molar-refractivity contribution in [2.24, 2.45) is 0 Å². The average molecular weight is 342 g/mol. The van der Waals surface area contributed by atoms with E-state index in [1.165, 1.54) is 11.1 Å². The van der Waals surface area contributed by atoms with Gasteiger partial charge in [0.2, 0.25) is 0 Å². The highest BCUT2D eigenvalue weighted by Crippen LogP contribution is 2.19. The van der Waals surface area contributed by atoms with E-state index in [9.17, 15) is 4.79 Å². The molecule has 0 spiro atoms. The summed E-state index contributed by atoms with van der Waals surface area (Å²) in [4.78, 5) is 14.8. The number of amides is 1. The third-order valence-corrected chi connectivity index (χ3v) is 4.46. The number of rotatable bonds is 7. The summed E-state index contributed by atoms with van der Waals surface area (Å²) < 4.78 is 1.78. The van der Waals surface area contributed by atoms with Gasteiger partial charge in [-0.3, -0.25) is 9.48 Å². The normalized spacial score (nSPS) is 12.6.